The van der Waals surface area contributed by atoms with Crippen LogP contribution < -0.4 is 0 Å². The molecule has 0 aromatic heterocycles. The van der Waals surface area contributed by atoms with Gasteiger partial charge in [0.1, 0.15) is 13.2 Å². The van der Waals surface area contributed by atoms with Crippen molar-refractivity contribution in [2.24, 2.45) is 0 Å². The molecule has 1 aliphatic rings. The van der Waals surface area contributed by atoms with Gasteiger partial charge in [0.05, 0.1) is 31.2 Å². The summed E-state index contributed by atoms with van der Waals surface area (Å²) >= 11 is 0. The highest BCUT2D eigenvalue weighted by atomic mass is 28.4. The average molecular weight is 1170 g/mol. The molecular formula is C65H136N4O7Si3. The van der Waals surface area contributed by atoms with Gasteiger partial charge >= 0.3 is 11.9 Å². The van der Waals surface area contributed by atoms with E-state index >= 15 is 0 Å². The number of carbonyl (C=O) groups excluding carboxylic acids is 2. The summed E-state index contributed by atoms with van der Waals surface area (Å²) in [4.78, 5) is 36.5. The van der Waals surface area contributed by atoms with Crippen molar-refractivity contribution in [2.45, 2.75) is 329 Å². The molecular weight excluding hydrogens is 1030 g/mol. The molecule has 0 bridgehead atoms. The van der Waals surface area contributed by atoms with Gasteiger partial charge in [-0.25, -0.2) is 0 Å². The lowest BCUT2D eigenvalue weighted by Gasteiger charge is -2.44. The Morgan fingerprint density at radius 3 is 1.08 bits per heavy atom. The Hall–Kier alpha value is -0.689. The lowest BCUT2D eigenvalue weighted by molar-refractivity contribution is -0.146. The van der Waals surface area contributed by atoms with Crippen LogP contribution in [0.15, 0.2) is 0 Å². The van der Waals surface area contributed by atoms with Crippen LogP contribution in [-0.4, -0.2) is 166 Å². The minimum Gasteiger partial charge on any atom is -0.464 e. The lowest BCUT2D eigenvalue weighted by atomic mass is 10.1. The van der Waals surface area contributed by atoms with Crippen LogP contribution in [0.5, 0.6) is 0 Å². The molecule has 0 spiro atoms. The van der Waals surface area contributed by atoms with E-state index in [1.165, 1.54) is 116 Å². The molecule has 14 heteroatoms. The number of carbonyl (C=O) groups is 2. The molecule has 1 heterocycles. The first-order chi connectivity index (χ1) is 36.8. The smallest absolute Gasteiger partial charge is 0.307 e. The predicted molar refractivity (Wildman–Crippen MR) is 347 cm³/mol. The van der Waals surface area contributed by atoms with Gasteiger partial charge in [-0.2, -0.15) is 0 Å². The fourth-order valence-corrected chi connectivity index (χ4v) is 14.3. The quantitative estimate of drug-likeness (QED) is 0.0332. The second kappa shape index (κ2) is 39.1. The summed E-state index contributed by atoms with van der Waals surface area (Å²) in [5.41, 5.74) is 0. The molecule has 0 aliphatic carbocycles. The Labute approximate surface area is 495 Å². The van der Waals surface area contributed by atoms with Gasteiger partial charge < -0.3 is 27.7 Å². The lowest BCUT2D eigenvalue weighted by Crippen LogP contribution is -2.57. The number of rotatable bonds is 45. The summed E-state index contributed by atoms with van der Waals surface area (Å²) in [6, 6.07) is 0.590. The molecule has 0 aromatic carbocycles. The Bertz CT molecular complexity index is 1530. The van der Waals surface area contributed by atoms with Crippen molar-refractivity contribution in [1.29, 1.82) is 0 Å². The van der Waals surface area contributed by atoms with Gasteiger partial charge in [0.2, 0.25) is 0 Å². The maximum atomic E-state index is 13.8. The minimum absolute atomic E-state index is 0.111. The zero-order chi connectivity index (χ0) is 59.9. The van der Waals surface area contributed by atoms with E-state index in [1.54, 1.807) is 0 Å². The van der Waals surface area contributed by atoms with Crippen LogP contribution in [0.25, 0.3) is 0 Å². The first-order valence-corrected chi connectivity index (χ1v) is 41.7. The maximum absolute atomic E-state index is 13.8. The van der Waals surface area contributed by atoms with Crippen LogP contribution in [0.4, 0.5) is 0 Å². The molecule has 5 atom stereocenters. The molecule has 470 valence electrons. The van der Waals surface area contributed by atoms with E-state index in [-0.39, 0.29) is 45.4 Å². The summed E-state index contributed by atoms with van der Waals surface area (Å²) in [5, 5.41) is 0.381. The highest BCUT2D eigenvalue weighted by Gasteiger charge is 2.42. The fourth-order valence-electron chi connectivity index (χ4n) is 10.2. The maximum Gasteiger partial charge on any atom is 0.307 e. The van der Waals surface area contributed by atoms with Crippen molar-refractivity contribution in [3.8, 4) is 0 Å². The first kappa shape index (κ1) is 76.3. The molecule has 11 nitrogen and oxygen atoms in total. The first-order valence-electron chi connectivity index (χ1n) is 33.0. The molecule has 0 amide bonds. The third kappa shape index (κ3) is 33.0. The van der Waals surface area contributed by atoms with Crippen LogP contribution in [0, 0.1) is 0 Å². The van der Waals surface area contributed by atoms with Crippen LogP contribution >= 0.6 is 0 Å². The van der Waals surface area contributed by atoms with Gasteiger partial charge in [-0.1, -0.05) is 199 Å². The van der Waals surface area contributed by atoms with Crippen molar-refractivity contribution in [2.75, 3.05) is 79.2 Å². The van der Waals surface area contributed by atoms with E-state index in [0.29, 0.717) is 64.3 Å². The predicted octanol–water partition coefficient (Wildman–Crippen LogP) is 16.9. The molecule has 1 fully saturated rings. The minimum atomic E-state index is -2.06. The number of esters is 2. The Morgan fingerprint density at radius 1 is 0.468 bits per heavy atom. The summed E-state index contributed by atoms with van der Waals surface area (Å²) < 4.78 is 33.5. The molecule has 0 aromatic rings. The highest BCUT2D eigenvalue weighted by molar-refractivity contribution is 6.75. The van der Waals surface area contributed by atoms with Gasteiger partial charge in [0, 0.05) is 71.0 Å². The van der Waals surface area contributed by atoms with Crippen molar-refractivity contribution in [3.05, 3.63) is 0 Å². The summed E-state index contributed by atoms with van der Waals surface area (Å²) in [7, 11) is -3.93. The standard InChI is InChI=1S/C65H136N4O7Si3/c1-22-25-28-31-34-37-40-58(74-77(16,17)63(6,7)8)53-66(15)45-43-61(70)72-49-47-68-51-57(5)69(52-56(68)4)48-50-73-62(71)44-46-67(54-59(41-38-35-32-29-26-23-2)75-78(18,19)64(9,10)11)55-60(42-39-36-33-30-27-24-3)76-79(20,21)65(12,13)14/h56-60H,22-55H2,1-21H3. The summed E-state index contributed by atoms with van der Waals surface area (Å²) in [5.74, 6) is -0.255. The third-order valence-corrected chi connectivity index (χ3v) is 32.3. The van der Waals surface area contributed by atoms with Crippen molar-refractivity contribution in [3.63, 3.8) is 0 Å². The van der Waals surface area contributed by atoms with Crippen molar-refractivity contribution < 1.29 is 32.3 Å². The van der Waals surface area contributed by atoms with E-state index in [1.807, 2.05) is 0 Å². The Kier molecular flexibility index (Phi) is 37.8. The number of hydrogen-bond donors (Lipinski definition) is 0. The van der Waals surface area contributed by atoms with Gasteiger partial charge in [0.25, 0.3) is 0 Å². The van der Waals surface area contributed by atoms with Crippen molar-refractivity contribution in [1.82, 2.24) is 19.6 Å². The van der Waals surface area contributed by atoms with Gasteiger partial charge in [-0.15, -0.1) is 0 Å². The average Bonchev–Trinajstić information content (AvgIpc) is 3.33. The number of unbranched alkanes of at least 4 members (excludes halogenated alkanes) is 15. The Balaban J connectivity index is 2.96. The fraction of sp³-hybridized carbons (Fsp3) is 0.969. The second-order valence-corrected chi connectivity index (χ2v) is 43.6. The van der Waals surface area contributed by atoms with Crippen LogP contribution in [-0.2, 0) is 32.3 Å². The van der Waals surface area contributed by atoms with E-state index in [4.69, 9.17) is 22.8 Å². The number of nitrogens with zero attached hydrogens (tertiary/aromatic N) is 4. The van der Waals surface area contributed by atoms with Gasteiger partial charge in [-0.3, -0.25) is 24.3 Å². The molecule has 0 saturated carbocycles. The largest absolute Gasteiger partial charge is 0.464 e. The molecule has 1 aliphatic heterocycles. The number of likely N-dealkylation sites (N-methyl/N-ethyl adjacent to an activating group) is 1. The van der Waals surface area contributed by atoms with Crippen molar-refractivity contribution >= 4 is 36.9 Å². The van der Waals surface area contributed by atoms with Gasteiger partial charge in [-0.05, 0) is 94.6 Å². The SMILES string of the molecule is CCCCCCCCC(CN(C)CCC(=O)OCCN1CC(C)N(CCOC(=O)CCN(CC(CCCCCCCC)O[Si](C)(C)C(C)(C)C)CC(CCCCCCCC)O[Si](C)(C)C(C)(C)C)CC1C)O[Si](C)(C)C(C)(C)C. The molecule has 79 heavy (non-hydrogen) atoms. The zero-order valence-electron chi connectivity index (χ0n) is 56.6. The second-order valence-electron chi connectivity index (χ2n) is 29.3. The van der Waals surface area contributed by atoms with Crippen LogP contribution in [0.3, 0.4) is 0 Å². The zero-order valence-corrected chi connectivity index (χ0v) is 59.6. The third-order valence-electron chi connectivity index (χ3n) is 18.7. The van der Waals surface area contributed by atoms with Crippen LogP contribution in [0.2, 0.25) is 54.4 Å². The van der Waals surface area contributed by atoms with E-state index in [0.717, 1.165) is 52.0 Å². The number of piperazine rings is 1. The normalized spacial score (nSPS) is 17.9. The molecule has 1 saturated heterocycles. The topological polar surface area (TPSA) is 93.3 Å². The van der Waals surface area contributed by atoms with E-state index < -0.39 is 25.0 Å². The molecule has 5 unspecified atom stereocenters. The summed E-state index contributed by atoms with van der Waals surface area (Å²) in [6.07, 6.45) is 27.2. The molecule has 0 radical (unpaired) electrons. The molecule has 0 N–H and O–H groups in total. The van der Waals surface area contributed by atoms with E-state index in [9.17, 15) is 9.59 Å². The van der Waals surface area contributed by atoms with Crippen LogP contribution in [0.1, 0.15) is 245 Å². The number of hydrogen-bond acceptors (Lipinski definition) is 11. The Morgan fingerprint density at radius 2 is 0.759 bits per heavy atom. The molecule has 1 rings (SSSR count). The van der Waals surface area contributed by atoms with E-state index in [2.05, 4.69) is 163 Å². The highest BCUT2D eigenvalue weighted by Crippen LogP contribution is 2.40. The monoisotopic (exact) mass is 1170 g/mol. The number of ether oxygens (including phenoxy) is 2. The summed E-state index contributed by atoms with van der Waals surface area (Å²) in [6.45, 7) is 54.4. The van der Waals surface area contributed by atoms with Gasteiger partial charge in [0.15, 0.2) is 25.0 Å².